The second-order valence-corrected chi connectivity index (χ2v) is 8.34. The van der Waals surface area contributed by atoms with Crippen molar-refractivity contribution < 1.29 is 17.9 Å². The number of pyridine rings is 1. The first-order chi connectivity index (χ1) is 12.4. The standard InChI is InChI=1S/C20H18F2NO2P/c1-14(2)13-25-26(24,15-8-4-3-5-9-15)19-12-17(20(21)22)16-10-6-7-11-18(16)23-19/h3-12,20H,1,13H2,2H3. The van der Waals surface area contributed by atoms with Gasteiger partial charge in [-0.05, 0) is 31.2 Å². The first-order valence-corrected chi connectivity index (χ1v) is 9.67. The number of halogens is 2. The van der Waals surface area contributed by atoms with Crippen molar-refractivity contribution in [2.75, 3.05) is 6.61 Å². The average molecular weight is 373 g/mol. The minimum atomic E-state index is -3.65. The summed E-state index contributed by atoms with van der Waals surface area (Å²) in [7, 11) is -3.65. The normalized spacial score (nSPS) is 13.7. The first kappa shape index (κ1) is 18.4. The fraction of sp³-hybridized carbons (Fsp3) is 0.150. The van der Waals surface area contributed by atoms with Crippen LogP contribution in [0.4, 0.5) is 8.78 Å². The molecule has 3 aromatic rings. The summed E-state index contributed by atoms with van der Waals surface area (Å²) in [5.41, 5.74) is 0.839. The summed E-state index contributed by atoms with van der Waals surface area (Å²) < 4.78 is 46.7. The van der Waals surface area contributed by atoms with Crippen LogP contribution in [-0.4, -0.2) is 11.6 Å². The summed E-state index contributed by atoms with van der Waals surface area (Å²) in [6.07, 6.45) is -2.72. The highest BCUT2D eigenvalue weighted by Gasteiger charge is 2.32. The van der Waals surface area contributed by atoms with Gasteiger partial charge in [-0.3, -0.25) is 4.57 Å². The Morgan fingerprint density at radius 3 is 2.46 bits per heavy atom. The van der Waals surface area contributed by atoms with E-state index < -0.39 is 13.8 Å². The molecular formula is C20H18F2NO2P. The quantitative estimate of drug-likeness (QED) is 0.451. The number of hydrogen-bond donors (Lipinski definition) is 0. The van der Waals surface area contributed by atoms with Crippen molar-refractivity contribution in [1.82, 2.24) is 4.98 Å². The summed E-state index contributed by atoms with van der Waals surface area (Å²) in [5.74, 6) is 0. The molecule has 1 atom stereocenters. The van der Waals surface area contributed by atoms with Crippen molar-refractivity contribution in [3.05, 3.63) is 78.4 Å². The predicted molar refractivity (Wildman–Crippen MR) is 101 cm³/mol. The van der Waals surface area contributed by atoms with Crippen LogP contribution < -0.4 is 10.7 Å². The monoisotopic (exact) mass is 373 g/mol. The molecule has 0 bridgehead atoms. The molecule has 0 aliphatic carbocycles. The fourth-order valence-corrected chi connectivity index (χ4v) is 4.68. The summed E-state index contributed by atoms with van der Waals surface area (Å²) in [4.78, 5) is 4.39. The minimum Gasteiger partial charge on any atom is -0.317 e. The number of nitrogens with zero attached hydrogens (tertiary/aromatic N) is 1. The molecule has 1 unspecified atom stereocenters. The molecule has 0 saturated carbocycles. The third-order valence-electron chi connectivity index (χ3n) is 3.86. The van der Waals surface area contributed by atoms with Crippen LogP contribution in [-0.2, 0) is 9.09 Å². The van der Waals surface area contributed by atoms with Crippen molar-refractivity contribution >= 4 is 29.0 Å². The Morgan fingerprint density at radius 1 is 1.15 bits per heavy atom. The zero-order valence-electron chi connectivity index (χ0n) is 14.2. The molecule has 0 aliphatic rings. The zero-order valence-corrected chi connectivity index (χ0v) is 15.1. The van der Waals surface area contributed by atoms with Crippen LogP contribution in [0.25, 0.3) is 10.9 Å². The molecule has 0 N–H and O–H groups in total. The first-order valence-electron chi connectivity index (χ1n) is 8.05. The van der Waals surface area contributed by atoms with Gasteiger partial charge in [0.25, 0.3) is 13.8 Å². The van der Waals surface area contributed by atoms with E-state index in [0.29, 0.717) is 21.8 Å². The Hall–Kier alpha value is -2.36. The van der Waals surface area contributed by atoms with E-state index in [0.717, 1.165) is 0 Å². The predicted octanol–water partition coefficient (Wildman–Crippen LogP) is 4.99. The molecule has 1 heterocycles. The van der Waals surface area contributed by atoms with Crippen LogP contribution in [0, 0.1) is 0 Å². The third-order valence-corrected chi connectivity index (χ3v) is 6.16. The van der Waals surface area contributed by atoms with E-state index in [1.807, 2.05) is 0 Å². The van der Waals surface area contributed by atoms with Crippen LogP contribution in [0.2, 0.25) is 0 Å². The molecule has 0 fully saturated rings. The molecule has 0 aliphatic heterocycles. The number of fused-ring (bicyclic) bond motifs is 1. The van der Waals surface area contributed by atoms with E-state index in [2.05, 4.69) is 11.6 Å². The number of alkyl halides is 2. The number of aromatic nitrogens is 1. The summed E-state index contributed by atoms with van der Waals surface area (Å²) in [6, 6.07) is 16.3. The molecular weight excluding hydrogens is 355 g/mol. The van der Waals surface area contributed by atoms with Gasteiger partial charge in [0.15, 0.2) is 0 Å². The smallest absolute Gasteiger partial charge is 0.279 e. The highest BCUT2D eigenvalue weighted by Crippen LogP contribution is 2.45. The highest BCUT2D eigenvalue weighted by atomic mass is 31.2. The molecule has 6 heteroatoms. The molecule has 2 aromatic carbocycles. The fourth-order valence-electron chi connectivity index (χ4n) is 2.62. The molecule has 0 saturated heterocycles. The van der Waals surface area contributed by atoms with Gasteiger partial charge in [0.05, 0.1) is 12.1 Å². The Morgan fingerprint density at radius 2 is 1.81 bits per heavy atom. The maximum Gasteiger partial charge on any atom is 0.279 e. The molecule has 3 rings (SSSR count). The largest absolute Gasteiger partial charge is 0.317 e. The lowest BCUT2D eigenvalue weighted by Crippen LogP contribution is -2.22. The topological polar surface area (TPSA) is 39.2 Å². The van der Waals surface area contributed by atoms with E-state index >= 15 is 0 Å². The molecule has 0 spiro atoms. The Bertz CT molecular complexity index is 990. The van der Waals surface area contributed by atoms with Crippen LogP contribution in [0.5, 0.6) is 0 Å². The van der Waals surface area contributed by atoms with Gasteiger partial charge < -0.3 is 4.52 Å². The minimum absolute atomic E-state index is 0.0129. The number of para-hydroxylation sites is 1. The van der Waals surface area contributed by atoms with E-state index in [-0.39, 0.29) is 17.6 Å². The van der Waals surface area contributed by atoms with E-state index in [9.17, 15) is 13.3 Å². The molecule has 0 amide bonds. The highest BCUT2D eigenvalue weighted by molar-refractivity contribution is 7.74. The zero-order chi connectivity index (χ0) is 18.7. The Kier molecular flexibility index (Phi) is 5.30. The van der Waals surface area contributed by atoms with Crippen LogP contribution in [0.15, 0.2) is 72.8 Å². The second kappa shape index (κ2) is 7.48. The van der Waals surface area contributed by atoms with Gasteiger partial charge in [0.2, 0.25) is 0 Å². The van der Waals surface area contributed by atoms with Crippen molar-refractivity contribution in [3.8, 4) is 0 Å². The maximum absolute atomic E-state index is 13.8. The van der Waals surface area contributed by atoms with E-state index in [1.165, 1.54) is 6.07 Å². The van der Waals surface area contributed by atoms with Gasteiger partial charge in [0.1, 0.15) is 5.44 Å². The van der Waals surface area contributed by atoms with E-state index in [4.69, 9.17) is 4.52 Å². The Labute approximate surface area is 150 Å². The van der Waals surface area contributed by atoms with Crippen molar-refractivity contribution in [3.63, 3.8) is 0 Å². The third kappa shape index (κ3) is 3.59. The van der Waals surface area contributed by atoms with Gasteiger partial charge in [-0.25, -0.2) is 13.8 Å². The SMILES string of the molecule is C=C(C)COP(=O)(c1ccccc1)c1cc(C(F)F)c2ccccc2n1. The van der Waals surface area contributed by atoms with Crippen LogP contribution >= 0.6 is 7.37 Å². The summed E-state index contributed by atoms with van der Waals surface area (Å²) in [5, 5.41) is 0.745. The molecule has 3 nitrogen and oxygen atoms in total. The van der Waals surface area contributed by atoms with Crippen molar-refractivity contribution in [1.29, 1.82) is 0 Å². The second-order valence-electron chi connectivity index (χ2n) is 6.01. The lowest BCUT2D eigenvalue weighted by molar-refractivity contribution is 0.153. The molecule has 1 aromatic heterocycles. The summed E-state index contributed by atoms with van der Waals surface area (Å²) in [6.45, 7) is 5.54. The average Bonchev–Trinajstić information content (AvgIpc) is 2.65. The van der Waals surface area contributed by atoms with Gasteiger partial charge in [-0.15, -0.1) is 0 Å². The number of hydrogen-bond acceptors (Lipinski definition) is 3. The molecule has 0 radical (unpaired) electrons. The molecule has 26 heavy (non-hydrogen) atoms. The summed E-state index contributed by atoms with van der Waals surface area (Å²) >= 11 is 0. The van der Waals surface area contributed by atoms with Gasteiger partial charge in [0, 0.05) is 16.3 Å². The Balaban J connectivity index is 2.24. The van der Waals surface area contributed by atoms with Crippen molar-refractivity contribution in [2.45, 2.75) is 13.3 Å². The van der Waals surface area contributed by atoms with Crippen LogP contribution in [0.3, 0.4) is 0 Å². The van der Waals surface area contributed by atoms with Gasteiger partial charge in [-0.1, -0.05) is 48.6 Å². The lowest BCUT2D eigenvalue weighted by atomic mass is 10.1. The van der Waals surface area contributed by atoms with Crippen LogP contribution in [0.1, 0.15) is 18.9 Å². The number of rotatable bonds is 6. The van der Waals surface area contributed by atoms with Gasteiger partial charge in [-0.2, -0.15) is 0 Å². The lowest BCUT2D eigenvalue weighted by Gasteiger charge is -2.20. The van der Waals surface area contributed by atoms with Crippen molar-refractivity contribution in [2.24, 2.45) is 0 Å². The molecule has 134 valence electrons. The number of benzene rings is 2. The van der Waals surface area contributed by atoms with E-state index in [1.54, 1.807) is 61.5 Å². The van der Waals surface area contributed by atoms with Gasteiger partial charge >= 0.3 is 0 Å². The maximum atomic E-state index is 13.8.